The molecule has 3 rings (SSSR count). The molecule has 0 spiro atoms. The lowest BCUT2D eigenvalue weighted by Crippen LogP contribution is -2.31. The zero-order valence-electron chi connectivity index (χ0n) is 9.54. The first-order chi connectivity index (χ1) is 8.75. The van der Waals surface area contributed by atoms with Gasteiger partial charge in [0.05, 0.1) is 0 Å². The van der Waals surface area contributed by atoms with E-state index in [-0.39, 0.29) is 17.5 Å². The Morgan fingerprint density at radius 3 is 2.56 bits per heavy atom. The quantitative estimate of drug-likeness (QED) is 0.803. The molecular weight excluding hydrogens is 228 g/mol. The first kappa shape index (κ1) is 10.7. The number of aromatic nitrogens is 1. The molecule has 1 aromatic carbocycles. The smallest absolute Gasteiger partial charge is 0.277 e. The number of amides is 1. The predicted molar refractivity (Wildman–Crippen MR) is 67.0 cm³/mol. The number of hydrogen-bond donors (Lipinski definition) is 0. The summed E-state index contributed by atoms with van der Waals surface area (Å²) in [5, 5.41) is 0. The number of carbonyl (C=O) groups excluding carboxylic acids is 2. The third-order valence-electron chi connectivity index (χ3n) is 2.88. The van der Waals surface area contributed by atoms with E-state index in [1.165, 1.54) is 4.57 Å². The fourth-order valence-corrected chi connectivity index (χ4v) is 2.00. The number of aliphatic imine (C=N–C) groups is 1. The van der Waals surface area contributed by atoms with Crippen LogP contribution in [0.1, 0.15) is 20.8 Å². The second-order valence-electron chi connectivity index (χ2n) is 4.09. The minimum absolute atomic E-state index is 0.224. The number of rotatable bonds is 2. The standard InChI is InChI=1S/C14H10N2O2/c17-13-12-7-4-8-16(12)14(18)11(15-13)9-10-5-2-1-3-6-10/h1-8H,9H2. The Kier molecular flexibility index (Phi) is 2.41. The van der Waals surface area contributed by atoms with E-state index in [0.29, 0.717) is 12.1 Å². The third kappa shape index (κ3) is 1.68. The van der Waals surface area contributed by atoms with Gasteiger partial charge in [0.25, 0.3) is 11.8 Å². The highest BCUT2D eigenvalue weighted by molar-refractivity contribution is 6.44. The number of hydrogen-bond acceptors (Lipinski definition) is 2. The van der Waals surface area contributed by atoms with Crippen molar-refractivity contribution in [3.63, 3.8) is 0 Å². The molecule has 2 heterocycles. The summed E-state index contributed by atoms with van der Waals surface area (Å²) < 4.78 is 1.35. The van der Waals surface area contributed by atoms with Crippen LogP contribution in [-0.4, -0.2) is 22.1 Å². The van der Waals surface area contributed by atoms with Crippen LogP contribution in [0.5, 0.6) is 0 Å². The Balaban J connectivity index is 1.95. The van der Waals surface area contributed by atoms with E-state index in [0.717, 1.165) is 5.56 Å². The molecule has 1 aliphatic rings. The van der Waals surface area contributed by atoms with Gasteiger partial charge in [-0.15, -0.1) is 0 Å². The maximum absolute atomic E-state index is 12.1. The van der Waals surface area contributed by atoms with Crippen molar-refractivity contribution in [2.45, 2.75) is 6.42 Å². The summed E-state index contributed by atoms with van der Waals surface area (Å²) in [4.78, 5) is 27.7. The summed E-state index contributed by atoms with van der Waals surface area (Å²) in [5.41, 5.74) is 1.58. The number of benzene rings is 1. The van der Waals surface area contributed by atoms with Gasteiger partial charge in [0.15, 0.2) is 0 Å². The van der Waals surface area contributed by atoms with Crippen LogP contribution >= 0.6 is 0 Å². The van der Waals surface area contributed by atoms with Crippen molar-refractivity contribution < 1.29 is 9.59 Å². The zero-order chi connectivity index (χ0) is 12.5. The molecule has 0 fully saturated rings. The van der Waals surface area contributed by atoms with Crippen molar-refractivity contribution in [2.24, 2.45) is 4.99 Å². The highest BCUT2D eigenvalue weighted by Crippen LogP contribution is 2.13. The summed E-state index contributed by atoms with van der Waals surface area (Å²) in [6.07, 6.45) is 1.97. The third-order valence-corrected chi connectivity index (χ3v) is 2.88. The van der Waals surface area contributed by atoms with E-state index in [4.69, 9.17) is 0 Å². The first-order valence-corrected chi connectivity index (χ1v) is 5.63. The number of fused-ring (bicyclic) bond motifs is 1. The summed E-state index contributed by atoms with van der Waals surface area (Å²) in [5.74, 6) is -0.580. The molecular formula is C14H10N2O2. The average molecular weight is 238 g/mol. The van der Waals surface area contributed by atoms with E-state index in [1.807, 2.05) is 30.3 Å². The Morgan fingerprint density at radius 2 is 1.78 bits per heavy atom. The number of carbonyl (C=O) groups is 2. The zero-order valence-corrected chi connectivity index (χ0v) is 9.54. The molecule has 18 heavy (non-hydrogen) atoms. The van der Waals surface area contributed by atoms with Gasteiger partial charge < -0.3 is 0 Å². The molecule has 0 N–H and O–H groups in total. The molecule has 88 valence electrons. The largest absolute Gasteiger partial charge is 0.294 e. The average Bonchev–Trinajstić information content (AvgIpc) is 2.87. The number of nitrogens with zero attached hydrogens (tertiary/aromatic N) is 2. The molecule has 0 saturated carbocycles. The maximum Gasteiger partial charge on any atom is 0.294 e. The Hall–Kier alpha value is -2.49. The lowest BCUT2D eigenvalue weighted by Gasteiger charge is -2.13. The highest BCUT2D eigenvalue weighted by Gasteiger charge is 2.25. The maximum atomic E-state index is 12.1. The Morgan fingerprint density at radius 1 is 1.00 bits per heavy atom. The van der Waals surface area contributed by atoms with Gasteiger partial charge in [0.2, 0.25) is 0 Å². The van der Waals surface area contributed by atoms with E-state index >= 15 is 0 Å². The van der Waals surface area contributed by atoms with Crippen LogP contribution in [0.3, 0.4) is 0 Å². The van der Waals surface area contributed by atoms with Gasteiger partial charge in [-0.3, -0.25) is 14.2 Å². The van der Waals surface area contributed by atoms with Crippen LogP contribution < -0.4 is 0 Å². The SMILES string of the molecule is O=C1N=C(Cc2ccccc2)C(=O)n2cccc21. The molecule has 0 aliphatic carbocycles. The summed E-state index contributed by atoms with van der Waals surface area (Å²) in [6, 6.07) is 12.8. The van der Waals surface area contributed by atoms with E-state index < -0.39 is 0 Å². The molecule has 0 unspecified atom stereocenters. The monoisotopic (exact) mass is 238 g/mol. The van der Waals surface area contributed by atoms with Gasteiger partial charge in [-0.05, 0) is 17.7 Å². The molecule has 2 aromatic rings. The van der Waals surface area contributed by atoms with Gasteiger partial charge in [0, 0.05) is 12.6 Å². The second kappa shape index (κ2) is 4.07. The molecule has 4 nitrogen and oxygen atoms in total. The van der Waals surface area contributed by atoms with E-state index in [1.54, 1.807) is 18.3 Å². The molecule has 4 heteroatoms. The Bertz CT molecular complexity index is 653. The molecule has 0 saturated heterocycles. The first-order valence-electron chi connectivity index (χ1n) is 5.63. The molecule has 1 amide bonds. The fraction of sp³-hybridized carbons (Fsp3) is 0.0714. The summed E-state index contributed by atoms with van der Waals surface area (Å²) in [7, 11) is 0. The minimum atomic E-state index is -0.356. The Labute approximate surface area is 104 Å². The second-order valence-corrected chi connectivity index (χ2v) is 4.09. The fourth-order valence-electron chi connectivity index (χ4n) is 2.00. The predicted octanol–water partition coefficient (Wildman–Crippen LogP) is 1.97. The van der Waals surface area contributed by atoms with Crippen LogP contribution in [0.4, 0.5) is 0 Å². The van der Waals surface area contributed by atoms with Crippen molar-refractivity contribution >= 4 is 17.5 Å². The lowest BCUT2D eigenvalue weighted by molar-refractivity contribution is 0.0920. The lowest BCUT2D eigenvalue weighted by atomic mass is 10.1. The van der Waals surface area contributed by atoms with Gasteiger partial charge in [-0.1, -0.05) is 30.3 Å². The minimum Gasteiger partial charge on any atom is -0.277 e. The van der Waals surface area contributed by atoms with Crippen LogP contribution in [0, 0.1) is 0 Å². The van der Waals surface area contributed by atoms with Crippen molar-refractivity contribution in [2.75, 3.05) is 0 Å². The molecule has 0 atom stereocenters. The van der Waals surface area contributed by atoms with Crippen molar-refractivity contribution in [3.8, 4) is 0 Å². The van der Waals surface area contributed by atoms with Crippen LogP contribution in [0.25, 0.3) is 0 Å². The van der Waals surface area contributed by atoms with Crippen molar-refractivity contribution in [1.29, 1.82) is 0 Å². The van der Waals surface area contributed by atoms with Crippen LogP contribution in [0.2, 0.25) is 0 Å². The highest BCUT2D eigenvalue weighted by atomic mass is 16.2. The van der Waals surface area contributed by atoms with Crippen molar-refractivity contribution in [1.82, 2.24) is 4.57 Å². The van der Waals surface area contributed by atoms with Gasteiger partial charge >= 0.3 is 0 Å². The molecule has 0 bridgehead atoms. The molecule has 0 radical (unpaired) electrons. The van der Waals surface area contributed by atoms with Gasteiger partial charge in [-0.2, -0.15) is 0 Å². The summed E-state index contributed by atoms with van der Waals surface area (Å²) in [6.45, 7) is 0. The van der Waals surface area contributed by atoms with Gasteiger partial charge in [0.1, 0.15) is 11.4 Å². The van der Waals surface area contributed by atoms with Gasteiger partial charge in [-0.25, -0.2) is 4.99 Å². The molecule has 1 aromatic heterocycles. The normalized spacial score (nSPS) is 14.3. The topological polar surface area (TPSA) is 51.4 Å². The van der Waals surface area contributed by atoms with E-state index in [2.05, 4.69) is 4.99 Å². The summed E-state index contributed by atoms with van der Waals surface area (Å²) >= 11 is 0. The van der Waals surface area contributed by atoms with Crippen molar-refractivity contribution in [3.05, 3.63) is 59.9 Å². The van der Waals surface area contributed by atoms with E-state index in [9.17, 15) is 9.59 Å². The van der Waals surface area contributed by atoms with Crippen LogP contribution in [0.15, 0.2) is 53.7 Å². The molecule has 1 aliphatic heterocycles. The van der Waals surface area contributed by atoms with Crippen LogP contribution in [-0.2, 0) is 6.42 Å².